The monoisotopic (exact) mass is 464 g/mol. The average Bonchev–Trinajstić information content (AvgIpc) is 3.08. The highest BCUT2D eigenvalue weighted by Gasteiger charge is 2.28. The SMILES string of the molecule is CC(C)(C)OC(=O)N[C@@H](CCSCCC(=O)c1nc2ccccc2o1)C(=O)OC(C)(C)C. The summed E-state index contributed by atoms with van der Waals surface area (Å²) in [6.45, 7) is 10.5. The molecule has 1 aromatic carbocycles. The second-order valence-corrected chi connectivity index (χ2v) is 10.5. The standard InChI is InChI=1S/C23H32N2O6S/c1-22(2,3)30-20(27)16(25-21(28)31-23(4,5)6)11-13-32-14-12-17(26)19-24-15-9-7-8-10-18(15)29-19/h7-10,16H,11-14H2,1-6H3,(H,25,28)/t16-/m0/s1. The van der Waals surface area contributed by atoms with Gasteiger partial charge in [-0.05, 0) is 65.8 Å². The van der Waals surface area contributed by atoms with E-state index in [9.17, 15) is 14.4 Å². The van der Waals surface area contributed by atoms with Crippen molar-refractivity contribution < 1.29 is 28.3 Å². The molecule has 0 saturated heterocycles. The summed E-state index contributed by atoms with van der Waals surface area (Å²) in [4.78, 5) is 41.2. The number of alkyl carbamates (subject to hydrolysis) is 1. The van der Waals surface area contributed by atoms with Gasteiger partial charge in [0.2, 0.25) is 5.78 Å². The highest BCUT2D eigenvalue weighted by atomic mass is 32.2. The Hall–Kier alpha value is -2.55. The van der Waals surface area contributed by atoms with Crippen LogP contribution in [-0.4, -0.2) is 51.6 Å². The van der Waals surface area contributed by atoms with Crippen LogP contribution in [0.4, 0.5) is 4.79 Å². The topological polar surface area (TPSA) is 108 Å². The number of ether oxygens (including phenoxy) is 2. The first-order valence-electron chi connectivity index (χ1n) is 10.5. The molecule has 0 bridgehead atoms. The molecule has 0 unspecified atom stereocenters. The van der Waals surface area contributed by atoms with Crippen molar-refractivity contribution in [3.63, 3.8) is 0 Å². The summed E-state index contributed by atoms with van der Waals surface area (Å²) in [6, 6.07) is 6.37. The number of benzene rings is 1. The number of esters is 1. The predicted octanol–water partition coefficient (Wildman–Crippen LogP) is 4.76. The molecule has 2 rings (SSSR count). The molecule has 1 N–H and O–H groups in total. The zero-order chi connectivity index (χ0) is 23.9. The maximum Gasteiger partial charge on any atom is 0.408 e. The maximum absolute atomic E-state index is 12.5. The summed E-state index contributed by atoms with van der Waals surface area (Å²) in [6.07, 6.45) is -0.0752. The van der Waals surface area contributed by atoms with Gasteiger partial charge in [-0.3, -0.25) is 4.79 Å². The number of para-hydroxylation sites is 2. The fourth-order valence-electron chi connectivity index (χ4n) is 2.64. The number of fused-ring (bicyclic) bond motifs is 1. The van der Waals surface area contributed by atoms with Crippen LogP contribution < -0.4 is 5.32 Å². The smallest absolute Gasteiger partial charge is 0.408 e. The molecular weight excluding hydrogens is 432 g/mol. The van der Waals surface area contributed by atoms with Gasteiger partial charge in [0.25, 0.3) is 5.89 Å². The van der Waals surface area contributed by atoms with Crippen molar-refractivity contribution in [1.82, 2.24) is 10.3 Å². The molecule has 0 saturated carbocycles. The molecule has 0 aliphatic heterocycles. The number of Topliss-reactive ketones (excluding diaryl/α,β-unsaturated/α-hetero) is 1. The lowest BCUT2D eigenvalue weighted by Gasteiger charge is -2.26. The quantitative estimate of drug-likeness (QED) is 0.321. The second kappa shape index (κ2) is 10.8. The van der Waals surface area contributed by atoms with Gasteiger partial charge in [-0.15, -0.1) is 0 Å². The number of aromatic nitrogens is 1. The Balaban J connectivity index is 1.84. The van der Waals surface area contributed by atoms with Gasteiger partial charge < -0.3 is 19.2 Å². The number of hydrogen-bond donors (Lipinski definition) is 1. The van der Waals surface area contributed by atoms with E-state index in [1.807, 2.05) is 12.1 Å². The number of thioether (sulfide) groups is 1. The molecule has 2 aromatic rings. The lowest BCUT2D eigenvalue weighted by atomic mass is 10.1. The summed E-state index contributed by atoms with van der Waals surface area (Å²) in [5.74, 6) is 0.479. The summed E-state index contributed by atoms with van der Waals surface area (Å²) >= 11 is 1.50. The minimum absolute atomic E-state index is 0.102. The van der Waals surface area contributed by atoms with Crippen LogP contribution in [0.15, 0.2) is 28.7 Å². The molecule has 32 heavy (non-hydrogen) atoms. The molecule has 176 valence electrons. The van der Waals surface area contributed by atoms with Gasteiger partial charge in [0.1, 0.15) is 22.8 Å². The van der Waals surface area contributed by atoms with Crippen molar-refractivity contribution in [2.75, 3.05) is 11.5 Å². The van der Waals surface area contributed by atoms with E-state index >= 15 is 0 Å². The van der Waals surface area contributed by atoms with Crippen LogP contribution in [0.25, 0.3) is 11.1 Å². The van der Waals surface area contributed by atoms with Crippen molar-refractivity contribution >= 4 is 40.7 Å². The third-order valence-electron chi connectivity index (χ3n) is 3.94. The lowest BCUT2D eigenvalue weighted by Crippen LogP contribution is -2.46. The van der Waals surface area contributed by atoms with Gasteiger partial charge in [0, 0.05) is 12.2 Å². The Kier molecular flexibility index (Phi) is 8.72. The molecule has 0 fully saturated rings. The van der Waals surface area contributed by atoms with Gasteiger partial charge in [-0.1, -0.05) is 12.1 Å². The fraction of sp³-hybridized carbons (Fsp3) is 0.565. The fourth-order valence-corrected chi connectivity index (χ4v) is 3.57. The van der Waals surface area contributed by atoms with Gasteiger partial charge in [-0.2, -0.15) is 11.8 Å². The third-order valence-corrected chi connectivity index (χ3v) is 4.96. The first-order valence-corrected chi connectivity index (χ1v) is 11.7. The van der Waals surface area contributed by atoms with Crippen molar-refractivity contribution in [2.24, 2.45) is 0 Å². The Bertz CT molecular complexity index is 909. The van der Waals surface area contributed by atoms with E-state index in [0.717, 1.165) is 0 Å². The number of carbonyl (C=O) groups is 3. The van der Waals surface area contributed by atoms with Crippen LogP contribution in [0.1, 0.15) is 65.1 Å². The maximum atomic E-state index is 12.5. The minimum atomic E-state index is -0.843. The lowest BCUT2D eigenvalue weighted by molar-refractivity contribution is -0.157. The summed E-state index contributed by atoms with van der Waals surface area (Å²) in [5.41, 5.74) is -0.124. The molecule has 1 amide bonds. The predicted molar refractivity (Wildman–Crippen MR) is 124 cm³/mol. The molecule has 8 nitrogen and oxygen atoms in total. The number of amides is 1. The highest BCUT2D eigenvalue weighted by Crippen LogP contribution is 2.18. The number of nitrogens with zero attached hydrogens (tertiary/aromatic N) is 1. The van der Waals surface area contributed by atoms with Crippen molar-refractivity contribution in [3.05, 3.63) is 30.2 Å². The van der Waals surface area contributed by atoms with Crippen LogP contribution in [0.2, 0.25) is 0 Å². The Morgan fingerprint density at radius 1 is 1.03 bits per heavy atom. The molecule has 1 aromatic heterocycles. The van der Waals surface area contributed by atoms with Crippen molar-refractivity contribution in [2.45, 2.75) is 71.6 Å². The number of nitrogens with one attached hydrogen (secondary N) is 1. The summed E-state index contributed by atoms with van der Waals surface area (Å²) in [7, 11) is 0. The van der Waals surface area contributed by atoms with Crippen molar-refractivity contribution in [1.29, 1.82) is 0 Å². The molecule has 0 spiro atoms. The van der Waals surface area contributed by atoms with E-state index in [1.54, 1.807) is 53.7 Å². The molecule has 0 radical (unpaired) electrons. The number of carbonyl (C=O) groups excluding carboxylic acids is 3. The summed E-state index contributed by atoms with van der Waals surface area (Å²) < 4.78 is 16.2. The molecule has 1 atom stereocenters. The molecule has 0 aliphatic rings. The van der Waals surface area contributed by atoms with Crippen LogP contribution in [0.5, 0.6) is 0 Å². The van der Waals surface area contributed by atoms with Gasteiger partial charge in [0.15, 0.2) is 5.58 Å². The zero-order valence-electron chi connectivity index (χ0n) is 19.5. The van der Waals surface area contributed by atoms with Crippen molar-refractivity contribution in [3.8, 4) is 0 Å². The molecule has 0 aliphatic carbocycles. The van der Waals surface area contributed by atoms with E-state index in [-0.39, 0.29) is 18.1 Å². The number of rotatable bonds is 9. The van der Waals surface area contributed by atoms with Crippen LogP contribution in [-0.2, 0) is 14.3 Å². The second-order valence-electron chi connectivity index (χ2n) is 9.29. The van der Waals surface area contributed by atoms with Crippen LogP contribution in [0, 0.1) is 0 Å². The van der Waals surface area contributed by atoms with E-state index in [1.165, 1.54) is 11.8 Å². The normalized spacial score (nSPS) is 12.9. The van der Waals surface area contributed by atoms with E-state index < -0.39 is 29.3 Å². The largest absolute Gasteiger partial charge is 0.458 e. The van der Waals surface area contributed by atoms with Gasteiger partial charge >= 0.3 is 12.1 Å². The average molecular weight is 465 g/mol. The Labute approximate surface area is 192 Å². The van der Waals surface area contributed by atoms with Gasteiger partial charge in [0.05, 0.1) is 0 Å². The first-order chi connectivity index (χ1) is 14.8. The summed E-state index contributed by atoms with van der Waals surface area (Å²) in [5, 5.41) is 2.60. The number of ketones is 1. The first kappa shape index (κ1) is 25.7. The molecule has 1 heterocycles. The third kappa shape index (κ3) is 8.90. The minimum Gasteiger partial charge on any atom is -0.458 e. The van der Waals surface area contributed by atoms with Crippen LogP contribution >= 0.6 is 11.8 Å². The Morgan fingerprint density at radius 2 is 1.69 bits per heavy atom. The Morgan fingerprint density at radius 3 is 2.31 bits per heavy atom. The van der Waals surface area contributed by atoms with Gasteiger partial charge in [-0.25, -0.2) is 14.6 Å². The zero-order valence-corrected chi connectivity index (χ0v) is 20.3. The van der Waals surface area contributed by atoms with E-state index in [2.05, 4.69) is 10.3 Å². The van der Waals surface area contributed by atoms with E-state index in [4.69, 9.17) is 13.9 Å². The number of oxazole rings is 1. The van der Waals surface area contributed by atoms with Crippen LogP contribution in [0.3, 0.4) is 0 Å². The van der Waals surface area contributed by atoms with E-state index in [0.29, 0.717) is 29.0 Å². The molecular formula is C23H32N2O6S. The highest BCUT2D eigenvalue weighted by molar-refractivity contribution is 7.99. The number of hydrogen-bond acceptors (Lipinski definition) is 8. The molecule has 9 heteroatoms.